The van der Waals surface area contributed by atoms with Gasteiger partial charge in [-0.1, -0.05) is 19.8 Å². The number of hydrogen-bond donors (Lipinski definition) is 1. The molecule has 3 heteroatoms. The molecular weight excluding hydrogens is 227 g/mol. The molecule has 1 aromatic rings. The van der Waals surface area contributed by atoms with Crippen LogP contribution < -0.4 is 5.32 Å². The van der Waals surface area contributed by atoms with Crippen LogP contribution in [0.5, 0.6) is 0 Å². The van der Waals surface area contributed by atoms with E-state index in [2.05, 4.69) is 24.1 Å². The van der Waals surface area contributed by atoms with Crippen LogP contribution in [0.15, 0.2) is 18.3 Å². The minimum Gasteiger partial charge on any atom is -0.306 e. The summed E-state index contributed by atoms with van der Waals surface area (Å²) in [7, 11) is 0. The van der Waals surface area contributed by atoms with E-state index in [1.165, 1.54) is 37.9 Å². The van der Waals surface area contributed by atoms with Crippen molar-refractivity contribution in [2.75, 3.05) is 0 Å². The first-order valence-corrected chi connectivity index (χ1v) is 7.08. The van der Waals surface area contributed by atoms with Crippen LogP contribution in [0, 0.1) is 11.7 Å². The molecule has 2 rings (SSSR count). The maximum atomic E-state index is 12.9. The Kier molecular flexibility index (Phi) is 4.70. The number of rotatable bonds is 5. The summed E-state index contributed by atoms with van der Waals surface area (Å²) >= 11 is 0. The Morgan fingerprint density at radius 3 is 2.67 bits per heavy atom. The van der Waals surface area contributed by atoms with Gasteiger partial charge in [0.2, 0.25) is 0 Å². The molecule has 0 bridgehead atoms. The molecule has 1 aromatic heterocycles. The molecule has 0 aromatic carbocycles. The molecule has 0 radical (unpaired) electrons. The molecule has 0 spiro atoms. The first-order valence-electron chi connectivity index (χ1n) is 7.08. The van der Waals surface area contributed by atoms with Crippen molar-refractivity contribution in [1.82, 2.24) is 10.3 Å². The normalized spacial score (nSPS) is 19.9. The average molecular weight is 250 g/mol. The zero-order valence-corrected chi connectivity index (χ0v) is 11.3. The van der Waals surface area contributed by atoms with Crippen molar-refractivity contribution in [3.05, 3.63) is 29.8 Å². The molecule has 0 aliphatic heterocycles. The zero-order chi connectivity index (χ0) is 13.0. The monoisotopic (exact) mass is 250 g/mol. The van der Waals surface area contributed by atoms with Crippen LogP contribution in [-0.2, 0) is 0 Å². The third-order valence-corrected chi connectivity index (χ3v) is 4.09. The molecule has 0 amide bonds. The number of pyridine rings is 1. The minimum absolute atomic E-state index is 0.237. The van der Waals surface area contributed by atoms with Gasteiger partial charge in [-0.05, 0) is 44.2 Å². The van der Waals surface area contributed by atoms with E-state index in [0.717, 1.165) is 18.0 Å². The summed E-state index contributed by atoms with van der Waals surface area (Å²) in [6, 6.07) is 4.04. The van der Waals surface area contributed by atoms with Gasteiger partial charge in [0.1, 0.15) is 5.82 Å². The fourth-order valence-corrected chi connectivity index (χ4v) is 2.92. The molecule has 2 nitrogen and oxygen atoms in total. The highest BCUT2D eigenvalue weighted by molar-refractivity contribution is 5.10. The molecule has 1 unspecified atom stereocenters. The van der Waals surface area contributed by atoms with E-state index in [4.69, 9.17) is 0 Å². The quantitative estimate of drug-likeness (QED) is 0.858. The Balaban J connectivity index is 1.97. The number of halogens is 1. The second kappa shape index (κ2) is 6.28. The van der Waals surface area contributed by atoms with Crippen LogP contribution in [0.3, 0.4) is 0 Å². The SMILES string of the molecule is CCC(N[C@@H](C)C1CCCC1)c1ccc(F)cn1. The summed E-state index contributed by atoms with van der Waals surface area (Å²) in [6.07, 6.45) is 7.68. The lowest BCUT2D eigenvalue weighted by Crippen LogP contribution is -2.35. The Morgan fingerprint density at radius 2 is 2.11 bits per heavy atom. The van der Waals surface area contributed by atoms with Crippen LogP contribution >= 0.6 is 0 Å². The summed E-state index contributed by atoms with van der Waals surface area (Å²) in [4.78, 5) is 4.19. The molecule has 100 valence electrons. The Morgan fingerprint density at radius 1 is 1.39 bits per heavy atom. The van der Waals surface area contributed by atoms with Gasteiger partial charge in [-0.3, -0.25) is 4.98 Å². The highest BCUT2D eigenvalue weighted by Gasteiger charge is 2.23. The second-order valence-corrected chi connectivity index (χ2v) is 5.36. The van der Waals surface area contributed by atoms with Gasteiger partial charge >= 0.3 is 0 Å². The maximum absolute atomic E-state index is 12.9. The number of hydrogen-bond acceptors (Lipinski definition) is 2. The van der Waals surface area contributed by atoms with Crippen LogP contribution in [0.2, 0.25) is 0 Å². The molecule has 1 heterocycles. The molecule has 0 saturated heterocycles. The van der Waals surface area contributed by atoms with E-state index in [1.807, 2.05) is 0 Å². The molecule has 2 atom stereocenters. The Labute approximate surface area is 109 Å². The van der Waals surface area contributed by atoms with Crippen LogP contribution in [0.25, 0.3) is 0 Å². The Hall–Kier alpha value is -0.960. The molecule has 1 N–H and O–H groups in total. The first kappa shape index (κ1) is 13.5. The van der Waals surface area contributed by atoms with E-state index in [-0.39, 0.29) is 11.9 Å². The van der Waals surface area contributed by atoms with Crippen molar-refractivity contribution < 1.29 is 4.39 Å². The number of nitrogens with zero attached hydrogens (tertiary/aromatic N) is 1. The smallest absolute Gasteiger partial charge is 0.141 e. The summed E-state index contributed by atoms with van der Waals surface area (Å²) in [5.41, 5.74) is 0.948. The zero-order valence-electron chi connectivity index (χ0n) is 11.3. The van der Waals surface area contributed by atoms with Gasteiger partial charge in [0.15, 0.2) is 0 Å². The third-order valence-electron chi connectivity index (χ3n) is 4.09. The number of nitrogens with one attached hydrogen (secondary N) is 1. The molecule has 1 aliphatic carbocycles. The van der Waals surface area contributed by atoms with E-state index in [9.17, 15) is 4.39 Å². The van der Waals surface area contributed by atoms with E-state index >= 15 is 0 Å². The van der Waals surface area contributed by atoms with Gasteiger partial charge < -0.3 is 5.32 Å². The van der Waals surface area contributed by atoms with Crippen molar-refractivity contribution >= 4 is 0 Å². The highest BCUT2D eigenvalue weighted by Crippen LogP contribution is 2.29. The fraction of sp³-hybridized carbons (Fsp3) is 0.667. The van der Waals surface area contributed by atoms with Gasteiger partial charge in [-0.2, -0.15) is 0 Å². The predicted octanol–water partition coefficient (Wildman–Crippen LogP) is 3.84. The predicted molar refractivity (Wildman–Crippen MR) is 71.8 cm³/mol. The Bertz CT molecular complexity index is 357. The van der Waals surface area contributed by atoms with E-state index in [0.29, 0.717) is 6.04 Å². The fourth-order valence-electron chi connectivity index (χ4n) is 2.92. The molecule has 1 fully saturated rings. The standard InChI is InChI=1S/C15H23FN2/c1-3-14(15-9-8-13(16)10-17-15)18-11(2)12-6-4-5-7-12/h8-12,14,18H,3-7H2,1-2H3/t11-,14?/m0/s1. The molecule has 1 saturated carbocycles. The second-order valence-electron chi connectivity index (χ2n) is 5.36. The van der Waals surface area contributed by atoms with Gasteiger partial charge in [-0.15, -0.1) is 0 Å². The summed E-state index contributed by atoms with van der Waals surface area (Å²) in [6.45, 7) is 4.41. The topological polar surface area (TPSA) is 24.9 Å². The maximum Gasteiger partial charge on any atom is 0.141 e. The van der Waals surface area contributed by atoms with Gasteiger partial charge in [0.05, 0.1) is 11.9 Å². The van der Waals surface area contributed by atoms with Gasteiger partial charge in [0, 0.05) is 12.1 Å². The lowest BCUT2D eigenvalue weighted by molar-refractivity contribution is 0.335. The van der Waals surface area contributed by atoms with Crippen LogP contribution in [-0.4, -0.2) is 11.0 Å². The lowest BCUT2D eigenvalue weighted by atomic mass is 9.98. The summed E-state index contributed by atoms with van der Waals surface area (Å²) < 4.78 is 12.9. The lowest BCUT2D eigenvalue weighted by Gasteiger charge is -2.26. The third kappa shape index (κ3) is 3.29. The largest absolute Gasteiger partial charge is 0.306 e. The summed E-state index contributed by atoms with van der Waals surface area (Å²) in [5.74, 6) is 0.525. The first-order chi connectivity index (χ1) is 8.70. The van der Waals surface area contributed by atoms with Crippen molar-refractivity contribution in [2.45, 2.75) is 58.0 Å². The van der Waals surface area contributed by atoms with Crippen molar-refractivity contribution in [3.8, 4) is 0 Å². The highest BCUT2D eigenvalue weighted by atomic mass is 19.1. The molecule has 18 heavy (non-hydrogen) atoms. The van der Waals surface area contributed by atoms with Gasteiger partial charge in [0.25, 0.3) is 0 Å². The average Bonchev–Trinajstić information content (AvgIpc) is 2.91. The van der Waals surface area contributed by atoms with Crippen LogP contribution in [0.1, 0.15) is 57.7 Å². The van der Waals surface area contributed by atoms with Gasteiger partial charge in [-0.25, -0.2) is 4.39 Å². The van der Waals surface area contributed by atoms with Crippen molar-refractivity contribution in [2.24, 2.45) is 5.92 Å². The van der Waals surface area contributed by atoms with Crippen LogP contribution in [0.4, 0.5) is 4.39 Å². The van der Waals surface area contributed by atoms with Crippen molar-refractivity contribution in [3.63, 3.8) is 0 Å². The molecular formula is C15H23FN2. The van der Waals surface area contributed by atoms with E-state index < -0.39 is 0 Å². The summed E-state index contributed by atoms with van der Waals surface area (Å²) in [5, 5.41) is 3.66. The minimum atomic E-state index is -0.266. The number of aromatic nitrogens is 1. The van der Waals surface area contributed by atoms with E-state index in [1.54, 1.807) is 6.07 Å². The molecule has 1 aliphatic rings. The van der Waals surface area contributed by atoms with Crippen molar-refractivity contribution in [1.29, 1.82) is 0 Å².